The Morgan fingerprint density at radius 3 is 2.26 bits per heavy atom. The van der Waals surface area contributed by atoms with E-state index in [1.807, 2.05) is 0 Å². The maximum atomic E-state index is 3.52. The molecule has 0 spiro atoms. The van der Waals surface area contributed by atoms with Crippen molar-refractivity contribution in [3.8, 4) is 0 Å². The van der Waals surface area contributed by atoms with Crippen molar-refractivity contribution >= 4 is 5.69 Å². The predicted molar refractivity (Wildman–Crippen MR) is 83.6 cm³/mol. The lowest BCUT2D eigenvalue weighted by Gasteiger charge is -2.27. The predicted octanol–water partition coefficient (Wildman–Crippen LogP) is 3.81. The molecular formula is C17H28N2. The number of anilines is 1. The van der Waals surface area contributed by atoms with Crippen molar-refractivity contribution in [3.05, 3.63) is 29.8 Å². The average molecular weight is 260 g/mol. The van der Waals surface area contributed by atoms with Gasteiger partial charge in [0, 0.05) is 30.9 Å². The summed E-state index contributed by atoms with van der Waals surface area (Å²) >= 11 is 0. The summed E-state index contributed by atoms with van der Waals surface area (Å²) in [5.74, 6) is 0.909. The van der Waals surface area contributed by atoms with Crippen LogP contribution in [0.15, 0.2) is 24.3 Å². The topological polar surface area (TPSA) is 15.3 Å². The number of nitrogens with zero attached hydrogens (tertiary/aromatic N) is 1. The van der Waals surface area contributed by atoms with Gasteiger partial charge < -0.3 is 10.2 Å². The molecule has 1 fully saturated rings. The summed E-state index contributed by atoms with van der Waals surface area (Å²) < 4.78 is 0. The number of hydrogen-bond acceptors (Lipinski definition) is 2. The van der Waals surface area contributed by atoms with E-state index in [1.165, 1.54) is 24.1 Å². The van der Waals surface area contributed by atoms with Gasteiger partial charge in [0.05, 0.1) is 0 Å². The molecule has 0 radical (unpaired) electrons. The van der Waals surface area contributed by atoms with Crippen LogP contribution in [0.4, 0.5) is 5.69 Å². The molecule has 1 aliphatic carbocycles. The smallest absolute Gasteiger partial charge is 0.0366 e. The van der Waals surface area contributed by atoms with E-state index in [4.69, 9.17) is 0 Å². The minimum atomic E-state index is 0.177. The summed E-state index contributed by atoms with van der Waals surface area (Å²) in [6, 6.07) is 9.64. The van der Waals surface area contributed by atoms with Gasteiger partial charge in [0.15, 0.2) is 0 Å². The second-order valence-corrected chi connectivity index (χ2v) is 6.96. The van der Waals surface area contributed by atoms with Crippen molar-refractivity contribution in [2.75, 3.05) is 11.9 Å². The van der Waals surface area contributed by atoms with E-state index in [1.54, 1.807) is 0 Å². The fraction of sp³-hybridized carbons (Fsp3) is 0.647. The fourth-order valence-electron chi connectivity index (χ4n) is 2.35. The highest BCUT2D eigenvalue weighted by Gasteiger charge is 2.30. The third kappa shape index (κ3) is 4.24. The molecular weight excluding hydrogens is 232 g/mol. The first-order valence-corrected chi connectivity index (χ1v) is 7.43. The summed E-state index contributed by atoms with van der Waals surface area (Å²) in [5.41, 5.74) is 2.86. The van der Waals surface area contributed by atoms with E-state index in [9.17, 15) is 0 Å². The molecule has 1 aromatic rings. The molecule has 1 atom stereocenters. The molecule has 0 amide bonds. The molecule has 0 bridgehead atoms. The third-order valence-corrected chi connectivity index (χ3v) is 4.08. The van der Waals surface area contributed by atoms with Crippen LogP contribution >= 0.6 is 0 Å². The van der Waals surface area contributed by atoms with Crippen molar-refractivity contribution in [1.29, 1.82) is 0 Å². The lowest BCUT2D eigenvalue weighted by atomic mass is 10.1. The fourth-order valence-corrected chi connectivity index (χ4v) is 2.35. The van der Waals surface area contributed by atoms with Crippen molar-refractivity contribution in [1.82, 2.24) is 5.32 Å². The molecule has 1 N–H and O–H groups in total. The highest BCUT2D eigenvalue weighted by Crippen LogP contribution is 2.36. The van der Waals surface area contributed by atoms with Crippen LogP contribution in [0, 0.1) is 5.92 Å². The molecule has 0 saturated heterocycles. The van der Waals surface area contributed by atoms with Crippen LogP contribution in [-0.4, -0.2) is 18.6 Å². The molecule has 1 aliphatic rings. The molecule has 0 aromatic heterocycles. The molecule has 0 aliphatic heterocycles. The molecule has 2 rings (SSSR count). The van der Waals surface area contributed by atoms with Gasteiger partial charge in [-0.3, -0.25) is 0 Å². The Balaban J connectivity index is 1.93. The first kappa shape index (κ1) is 14.4. The van der Waals surface area contributed by atoms with Gasteiger partial charge >= 0.3 is 0 Å². The summed E-state index contributed by atoms with van der Waals surface area (Å²) in [5, 5.41) is 3.52. The largest absolute Gasteiger partial charge is 0.372 e. The van der Waals surface area contributed by atoms with E-state index in [2.05, 4.69) is 69.2 Å². The summed E-state index contributed by atoms with van der Waals surface area (Å²) in [6.07, 6.45) is 2.80. The summed E-state index contributed by atoms with van der Waals surface area (Å²) in [4.78, 5) is 2.42. The molecule has 2 nitrogen and oxygen atoms in total. The first-order chi connectivity index (χ1) is 8.87. The van der Waals surface area contributed by atoms with Crippen LogP contribution in [0.1, 0.15) is 46.1 Å². The zero-order valence-electron chi connectivity index (χ0n) is 13.0. The van der Waals surface area contributed by atoms with Crippen LogP contribution in [0.3, 0.4) is 0 Å². The second-order valence-electron chi connectivity index (χ2n) is 6.96. The van der Waals surface area contributed by atoms with E-state index in [0.717, 1.165) is 12.5 Å². The highest BCUT2D eigenvalue weighted by molar-refractivity contribution is 5.48. The Bertz CT molecular complexity index is 398. The average Bonchev–Trinajstić information content (AvgIpc) is 3.18. The van der Waals surface area contributed by atoms with Gasteiger partial charge in [-0.25, -0.2) is 0 Å². The number of benzene rings is 1. The zero-order valence-corrected chi connectivity index (χ0v) is 13.0. The second kappa shape index (κ2) is 5.54. The van der Waals surface area contributed by atoms with Crippen molar-refractivity contribution in [2.45, 2.75) is 58.7 Å². The van der Waals surface area contributed by atoms with E-state index in [0.29, 0.717) is 6.04 Å². The monoisotopic (exact) mass is 260 g/mol. The zero-order chi connectivity index (χ0) is 14.0. The van der Waals surface area contributed by atoms with Crippen LogP contribution in [0.5, 0.6) is 0 Å². The Morgan fingerprint density at radius 2 is 1.79 bits per heavy atom. The minimum Gasteiger partial charge on any atom is -0.372 e. The van der Waals surface area contributed by atoms with Crippen molar-refractivity contribution < 1.29 is 0 Å². The van der Waals surface area contributed by atoms with Crippen LogP contribution in [0.25, 0.3) is 0 Å². The summed E-state index contributed by atoms with van der Waals surface area (Å²) in [6.45, 7) is 9.88. The standard InChI is InChI=1S/C17H28N2/c1-13(15-8-9-15)19(5)16-10-6-14(7-11-16)12-18-17(2,3)4/h6-7,10-11,13,15,18H,8-9,12H2,1-5H3. The van der Waals surface area contributed by atoms with E-state index >= 15 is 0 Å². The first-order valence-electron chi connectivity index (χ1n) is 7.43. The van der Waals surface area contributed by atoms with Crippen molar-refractivity contribution in [3.63, 3.8) is 0 Å². The Kier molecular flexibility index (Phi) is 4.19. The van der Waals surface area contributed by atoms with E-state index in [-0.39, 0.29) is 5.54 Å². The number of rotatable bonds is 5. The molecule has 1 aromatic carbocycles. The molecule has 19 heavy (non-hydrogen) atoms. The van der Waals surface area contributed by atoms with Gasteiger partial charge in [-0.2, -0.15) is 0 Å². The van der Waals surface area contributed by atoms with E-state index < -0.39 is 0 Å². The van der Waals surface area contributed by atoms with Gasteiger partial charge in [-0.05, 0) is 64.2 Å². The molecule has 1 unspecified atom stereocenters. The minimum absolute atomic E-state index is 0.177. The Hall–Kier alpha value is -1.02. The van der Waals surface area contributed by atoms with Crippen LogP contribution in [0.2, 0.25) is 0 Å². The number of nitrogens with one attached hydrogen (secondary N) is 1. The Morgan fingerprint density at radius 1 is 1.21 bits per heavy atom. The summed E-state index contributed by atoms with van der Waals surface area (Å²) in [7, 11) is 2.21. The van der Waals surface area contributed by atoms with Gasteiger partial charge in [0.2, 0.25) is 0 Å². The Labute approximate surface area is 118 Å². The third-order valence-electron chi connectivity index (χ3n) is 4.08. The number of hydrogen-bond donors (Lipinski definition) is 1. The lowest BCUT2D eigenvalue weighted by Crippen LogP contribution is -2.35. The molecule has 0 heterocycles. The molecule has 2 heteroatoms. The maximum Gasteiger partial charge on any atom is 0.0366 e. The van der Waals surface area contributed by atoms with Crippen LogP contribution < -0.4 is 10.2 Å². The van der Waals surface area contributed by atoms with Gasteiger partial charge in [-0.1, -0.05) is 12.1 Å². The maximum absolute atomic E-state index is 3.52. The SMILES string of the molecule is CC(C1CC1)N(C)c1ccc(CNC(C)(C)C)cc1. The lowest BCUT2D eigenvalue weighted by molar-refractivity contribution is 0.424. The normalized spacial score (nSPS) is 17.3. The molecule has 106 valence electrons. The van der Waals surface area contributed by atoms with Gasteiger partial charge in [-0.15, -0.1) is 0 Å². The molecule has 1 saturated carbocycles. The van der Waals surface area contributed by atoms with Gasteiger partial charge in [0.25, 0.3) is 0 Å². The van der Waals surface area contributed by atoms with Crippen molar-refractivity contribution in [2.24, 2.45) is 5.92 Å². The van der Waals surface area contributed by atoms with Gasteiger partial charge in [0.1, 0.15) is 0 Å². The van der Waals surface area contributed by atoms with Crippen LogP contribution in [-0.2, 0) is 6.54 Å². The quantitative estimate of drug-likeness (QED) is 0.866. The highest BCUT2D eigenvalue weighted by atomic mass is 15.1.